The first-order valence-corrected chi connectivity index (χ1v) is 13.9. The van der Waals surface area contributed by atoms with Crippen molar-refractivity contribution in [3.05, 3.63) is 59.6 Å². The van der Waals surface area contributed by atoms with Crippen LogP contribution in [0.15, 0.2) is 49.1 Å². The van der Waals surface area contributed by atoms with E-state index in [4.69, 9.17) is 16.3 Å². The van der Waals surface area contributed by atoms with Gasteiger partial charge in [-0.3, -0.25) is 14.3 Å². The van der Waals surface area contributed by atoms with Crippen molar-refractivity contribution < 1.29 is 18.7 Å². The zero-order valence-corrected chi connectivity index (χ0v) is 23.4. The summed E-state index contributed by atoms with van der Waals surface area (Å²) >= 11 is 6.30. The van der Waals surface area contributed by atoms with Crippen molar-refractivity contribution in [2.45, 2.75) is 45.1 Å². The zero-order valence-electron chi connectivity index (χ0n) is 22.7. The van der Waals surface area contributed by atoms with Gasteiger partial charge in [-0.25, -0.2) is 13.9 Å². The lowest BCUT2D eigenvalue weighted by molar-refractivity contribution is -0.134. The number of rotatable bonds is 7. The summed E-state index contributed by atoms with van der Waals surface area (Å²) in [6, 6.07) is 6.41. The predicted molar refractivity (Wildman–Crippen MR) is 151 cm³/mol. The zero-order chi connectivity index (χ0) is 28.7. The lowest BCUT2D eigenvalue weighted by atomic mass is 9.81. The Labute approximate surface area is 240 Å². The Balaban J connectivity index is 1.32. The van der Waals surface area contributed by atoms with Crippen molar-refractivity contribution in [1.29, 1.82) is 0 Å². The number of nitrogens with zero attached hydrogens (tertiary/aromatic N) is 6. The summed E-state index contributed by atoms with van der Waals surface area (Å²) < 4.78 is 22.3. The summed E-state index contributed by atoms with van der Waals surface area (Å²) in [6.45, 7) is 5.75. The summed E-state index contributed by atoms with van der Waals surface area (Å²) in [4.78, 5) is 32.9. The first-order valence-electron chi connectivity index (χ1n) is 13.5. The maximum Gasteiger partial charge on any atom is 0.261 e. The minimum Gasteiger partial charge on any atom is -0.460 e. The molecule has 0 spiro atoms. The van der Waals surface area contributed by atoms with Crippen LogP contribution in [0.5, 0.6) is 5.75 Å². The monoisotopic (exact) mass is 580 g/mol. The Morgan fingerprint density at radius 1 is 1.37 bits per heavy atom. The summed E-state index contributed by atoms with van der Waals surface area (Å²) in [5.74, 6) is 0.0469. The summed E-state index contributed by atoms with van der Waals surface area (Å²) in [7, 11) is 0. The van der Waals surface area contributed by atoms with Crippen molar-refractivity contribution in [3.63, 3.8) is 0 Å². The van der Waals surface area contributed by atoms with E-state index < -0.39 is 12.3 Å². The molecule has 2 N–H and O–H groups in total. The van der Waals surface area contributed by atoms with E-state index >= 15 is 0 Å². The van der Waals surface area contributed by atoms with Gasteiger partial charge in [-0.2, -0.15) is 10.2 Å². The summed E-state index contributed by atoms with van der Waals surface area (Å²) in [6.07, 6.45) is 6.58. The highest BCUT2D eigenvalue weighted by Gasteiger charge is 2.43. The third-order valence-electron chi connectivity index (χ3n) is 7.93. The SMILES string of the molecule is CC(F)Oc1ccc(Cl)cc1-c1nn(CC(=O)N2CC[C@]3(C)NCC[C@@H]3C2)cc1NC(=O)c1cnn2cccnc12. The van der Waals surface area contributed by atoms with Crippen LogP contribution in [0.3, 0.4) is 0 Å². The molecule has 2 aliphatic rings. The summed E-state index contributed by atoms with van der Waals surface area (Å²) in [5.41, 5.74) is 1.64. The van der Waals surface area contributed by atoms with E-state index in [1.165, 1.54) is 22.3 Å². The molecule has 2 aliphatic heterocycles. The predicted octanol–water partition coefficient (Wildman–Crippen LogP) is 3.79. The highest BCUT2D eigenvalue weighted by Crippen LogP contribution is 2.38. The molecule has 0 radical (unpaired) electrons. The molecular weight excluding hydrogens is 551 g/mol. The van der Waals surface area contributed by atoms with E-state index in [0.717, 1.165) is 19.4 Å². The van der Waals surface area contributed by atoms with Gasteiger partial charge >= 0.3 is 0 Å². The molecule has 6 rings (SSSR count). The molecule has 0 saturated carbocycles. The fourth-order valence-electron chi connectivity index (χ4n) is 5.70. The number of halogens is 2. The molecule has 2 fully saturated rings. The number of amides is 2. The van der Waals surface area contributed by atoms with Gasteiger partial charge in [0.1, 0.15) is 23.6 Å². The Kier molecular flexibility index (Phi) is 7.12. The Morgan fingerprint density at radius 3 is 3.05 bits per heavy atom. The van der Waals surface area contributed by atoms with E-state index in [9.17, 15) is 14.0 Å². The van der Waals surface area contributed by atoms with Gasteiger partial charge in [0, 0.05) is 54.7 Å². The maximum absolute atomic E-state index is 13.9. The normalized spacial score (nSPS) is 21.1. The molecule has 4 aromatic rings. The molecule has 3 atom stereocenters. The Bertz CT molecular complexity index is 1620. The van der Waals surface area contributed by atoms with Gasteiger partial charge in [0.2, 0.25) is 12.3 Å². The average molecular weight is 581 g/mol. The second-order valence-electron chi connectivity index (χ2n) is 10.7. The number of carbonyl (C=O) groups is 2. The van der Waals surface area contributed by atoms with Crippen LogP contribution in [-0.2, 0) is 11.3 Å². The van der Waals surface area contributed by atoms with Crippen LogP contribution >= 0.6 is 11.6 Å². The van der Waals surface area contributed by atoms with Crippen molar-refractivity contribution in [3.8, 4) is 17.0 Å². The highest BCUT2D eigenvalue weighted by atomic mass is 35.5. The van der Waals surface area contributed by atoms with Crippen LogP contribution in [0.1, 0.15) is 37.0 Å². The van der Waals surface area contributed by atoms with E-state index in [2.05, 4.69) is 32.7 Å². The average Bonchev–Trinajstić information content (AvgIpc) is 3.65. The fraction of sp³-hybridized carbons (Fsp3) is 0.393. The molecule has 2 amide bonds. The van der Waals surface area contributed by atoms with Gasteiger partial charge in [-0.1, -0.05) is 11.6 Å². The number of hydrogen-bond donors (Lipinski definition) is 2. The van der Waals surface area contributed by atoms with E-state index in [1.807, 2.05) is 4.90 Å². The lowest BCUT2D eigenvalue weighted by Crippen LogP contribution is -2.54. The molecule has 3 aromatic heterocycles. The molecular formula is C28H30ClFN8O3. The van der Waals surface area contributed by atoms with Crippen LogP contribution in [0.4, 0.5) is 10.1 Å². The van der Waals surface area contributed by atoms with Crippen molar-refractivity contribution in [1.82, 2.24) is 34.6 Å². The fourth-order valence-corrected chi connectivity index (χ4v) is 5.88. The molecule has 0 aliphatic carbocycles. The number of likely N-dealkylation sites (tertiary alicyclic amines) is 1. The number of alkyl halides is 1. The molecule has 214 valence electrons. The minimum atomic E-state index is -1.60. The Hall–Kier alpha value is -4.03. The third kappa shape index (κ3) is 5.36. The number of anilines is 1. The van der Waals surface area contributed by atoms with Crippen LogP contribution in [0.25, 0.3) is 16.9 Å². The summed E-state index contributed by atoms with van der Waals surface area (Å²) in [5, 5.41) is 15.7. The number of aromatic nitrogens is 5. The smallest absolute Gasteiger partial charge is 0.261 e. The van der Waals surface area contributed by atoms with Crippen LogP contribution < -0.4 is 15.4 Å². The number of piperidine rings is 1. The number of ether oxygens (including phenoxy) is 1. The molecule has 5 heterocycles. The second kappa shape index (κ2) is 10.7. The van der Waals surface area contributed by atoms with Gasteiger partial charge in [-0.05, 0) is 56.5 Å². The van der Waals surface area contributed by atoms with Crippen LogP contribution in [0.2, 0.25) is 5.02 Å². The van der Waals surface area contributed by atoms with Crippen LogP contribution in [-0.4, -0.2) is 72.6 Å². The molecule has 13 heteroatoms. The van der Waals surface area contributed by atoms with Crippen molar-refractivity contribution in [2.24, 2.45) is 5.92 Å². The lowest BCUT2D eigenvalue weighted by Gasteiger charge is -2.42. The van der Waals surface area contributed by atoms with E-state index in [0.29, 0.717) is 40.9 Å². The van der Waals surface area contributed by atoms with Gasteiger partial charge < -0.3 is 20.3 Å². The van der Waals surface area contributed by atoms with Crippen molar-refractivity contribution in [2.75, 3.05) is 25.0 Å². The van der Waals surface area contributed by atoms with E-state index in [1.54, 1.807) is 42.9 Å². The molecule has 2 saturated heterocycles. The molecule has 1 aromatic carbocycles. The molecule has 41 heavy (non-hydrogen) atoms. The van der Waals surface area contributed by atoms with Crippen molar-refractivity contribution >= 4 is 34.7 Å². The topological polar surface area (TPSA) is 119 Å². The number of nitrogens with one attached hydrogen (secondary N) is 2. The first-order chi connectivity index (χ1) is 19.7. The second-order valence-corrected chi connectivity index (χ2v) is 11.1. The Morgan fingerprint density at radius 2 is 2.22 bits per heavy atom. The highest BCUT2D eigenvalue weighted by molar-refractivity contribution is 6.31. The van der Waals surface area contributed by atoms with Gasteiger partial charge in [-0.15, -0.1) is 0 Å². The van der Waals surface area contributed by atoms with Gasteiger partial charge in [0.25, 0.3) is 5.91 Å². The standard InChI is InChI=1S/C28H30ClFN8O3/c1-17(30)41-23-5-4-19(29)12-20(23)25-22(34-27(40)21-13-33-38-10-3-8-31-26(21)38)15-37(35-25)16-24(39)36-11-7-28(2)18(14-36)6-9-32-28/h3-5,8,10,12-13,15,17-18,32H,6-7,9,11,14,16H2,1-2H3,(H,34,40)/t17?,18-,28+/m1/s1. The molecule has 11 nitrogen and oxygen atoms in total. The quantitative estimate of drug-likeness (QED) is 0.341. The van der Waals surface area contributed by atoms with Gasteiger partial charge in [0.05, 0.1) is 11.9 Å². The number of fused-ring (bicyclic) bond motifs is 2. The third-order valence-corrected chi connectivity index (χ3v) is 8.17. The number of benzene rings is 1. The minimum absolute atomic E-state index is 0.0335. The van der Waals surface area contributed by atoms with E-state index in [-0.39, 0.29) is 35.0 Å². The van der Waals surface area contributed by atoms with Gasteiger partial charge in [0.15, 0.2) is 5.65 Å². The van der Waals surface area contributed by atoms with Crippen LogP contribution in [0, 0.1) is 5.92 Å². The molecule has 0 bridgehead atoms. The number of hydrogen-bond acceptors (Lipinski definition) is 7. The first kappa shape index (κ1) is 27.2. The number of carbonyl (C=O) groups excluding carboxylic acids is 2. The molecule has 1 unspecified atom stereocenters. The largest absolute Gasteiger partial charge is 0.460 e. The maximum atomic E-state index is 13.9.